The maximum atomic E-state index is 5.11. The van der Waals surface area contributed by atoms with E-state index in [4.69, 9.17) is 4.74 Å². The molecule has 0 bridgehead atoms. The summed E-state index contributed by atoms with van der Waals surface area (Å²) in [4.78, 5) is 4.23. The molecule has 1 rings (SSSR count). The highest BCUT2D eigenvalue weighted by Gasteiger charge is 2.08. The van der Waals surface area contributed by atoms with Crippen LogP contribution in [-0.4, -0.2) is 39.3 Å². The molecular weight excluding hydrogens is 377 g/mol. The lowest BCUT2D eigenvalue weighted by Crippen LogP contribution is -2.44. The number of hydrogen-bond acceptors (Lipinski definition) is 2. The highest BCUT2D eigenvalue weighted by atomic mass is 127. The minimum absolute atomic E-state index is 0. The lowest BCUT2D eigenvalue weighted by Gasteiger charge is -2.19. The molecule has 2 atom stereocenters. The van der Waals surface area contributed by atoms with E-state index in [0.717, 1.165) is 12.5 Å². The average molecular weight is 405 g/mol. The summed E-state index contributed by atoms with van der Waals surface area (Å²) in [7, 11) is 3.49. The van der Waals surface area contributed by atoms with E-state index in [1.54, 1.807) is 14.2 Å². The smallest absolute Gasteiger partial charge is 0.191 e. The summed E-state index contributed by atoms with van der Waals surface area (Å²) >= 11 is 0. The third-order valence-corrected chi connectivity index (χ3v) is 3.21. The molecule has 0 aliphatic rings. The molecule has 0 fully saturated rings. The van der Waals surface area contributed by atoms with Crippen LogP contribution in [0.1, 0.15) is 30.9 Å². The van der Waals surface area contributed by atoms with Crippen LogP contribution in [-0.2, 0) is 4.74 Å². The maximum absolute atomic E-state index is 5.11. The monoisotopic (exact) mass is 405 g/mol. The molecule has 0 aliphatic carbocycles. The molecule has 0 saturated carbocycles. The Morgan fingerprint density at radius 1 is 1.33 bits per heavy atom. The van der Waals surface area contributed by atoms with Gasteiger partial charge in [-0.3, -0.25) is 4.99 Å². The van der Waals surface area contributed by atoms with Crippen LogP contribution in [0.4, 0.5) is 0 Å². The van der Waals surface area contributed by atoms with Crippen LogP contribution in [0.25, 0.3) is 0 Å². The van der Waals surface area contributed by atoms with Crippen molar-refractivity contribution in [1.29, 1.82) is 0 Å². The molecule has 120 valence electrons. The molecule has 5 heteroatoms. The van der Waals surface area contributed by atoms with E-state index in [-0.39, 0.29) is 30.0 Å². The van der Waals surface area contributed by atoms with Gasteiger partial charge in [0.15, 0.2) is 5.96 Å². The van der Waals surface area contributed by atoms with Crippen LogP contribution in [0.15, 0.2) is 29.3 Å². The molecule has 2 unspecified atom stereocenters. The molecular formula is C16H28IN3O. The standard InChI is InChI=1S/C16H27N3O.HI/c1-12-7-6-8-15(9-12)13(2)10-18-16(17-4)19-14(3)11-20-5;/h6-9,13-14H,10-11H2,1-5H3,(H2,17,18,19);1H. The molecule has 0 aliphatic heterocycles. The van der Waals surface area contributed by atoms with E-state index >= 15 is 0 Å². The van der Waals surface area contributed by atoms with Crippen molar-refractivity contribution >= 4 is 29.9 Å². The van der Waals surface area contributed by atoms with Crippen LogP contribution >= 0.6 is 24.0 Å². The molecule has 0 amide bonds. The number of nitrogens with zero attached hydrogens (tertiary/aromatic N) is 1. The molecule has 0 aromatic heterocycles. The number of rotatable bonds is 6. The first-order valence-electron chi connectivity index (χ1n) is 7.09. The summed E-state index contributed by atoms with van der Waals surface area (Å²) in [5.74, 6) is 1.25. The molecule has 2 N–H and O–H groups in total. The van der Waals surface area contributed by atoms with Crippen molar-refractivity contribution in [1.82, 2.24) is 10.6 Å². The zero-order valence-corrected chi connectivity index (χ0v) is 16.0. The molecule has 0 spiro atoms. The fraction of sp³-hybridized carbons (Fsp3) is 0.562. The van der Waals surface area contributed by atoms with Gasteiger partial charge in [-0.1, -0.05) is 36.8 Å². The van der Waals surface area contributed by atoms with Crippen molar-refractivity contribution in [2.45, 2.75) is 32.7 Å². The molecule has 0 saturated heterocycles. The van der Waals surface area contributed by atoms with Gasteiger partial charge in [0.1, 0.15) is 0 Å². The maximum Gasteiger partial charge on any atom is 0.191 e. The fourth-order valence-corrected chi connectivity index (χ4v) is 2.06. The minimum atomic E-state index is 0. The molecule has 0 radical (unpaired) electrons. The number of hydrogen-bond donors (Lipinski definition) is 2. The zero-order valence-electron chi connectivity index (χ0n) is 13.6. The third-order valence-electron chi connectivity index (χ3n) is 3.21. The van der Waals surface area contributed by atoms with E-state index < -0.39 is 0 Å². The van der Waals surface area contributed by atoms with Crippen molar-refractivity contribution in [2.24, 2.45) is 4.99 Å². The second-order valence-corrected chi connectivity index (χ2v) is 5.27. The molecule has 0 heterocycles. The summed E-state index contributed by atoms with van der Waals surface area (Å²) in [6.45, 7) is 7.92. The number of halogens is 1. The third kappa shape index (κ3) is 7.66. The summed E-state index contributed by atoms with van der Waals surface area (Å²) in [5, 5.41) is 6.66. The van der Waals surface area contributed by atoms with Crippen molar-refractivity contribution < 1.29 is 4.74 Å². The van der Waals surface area contributed by atoms with Gasteiger partial charge in [0, 0.05) is 26.7 Å². The van der Waals surface area contributed by atoms with Gasteiger partial charge in [-0.25, -0.2) is 0 Å². The van der Waals surface area contributed by atoms with Crippen molar-refractivity contribution in [2.75, 3.05) is 27.3 Å². The largest absolute Gasteiger partial charge is 0.383 e. The van der Waals surface area contributed by atoms with Crippen LogP contribution in [0, 0.1) is 6.92 Å². The number of nitrogens with one attached hydrogen (secondary N) is 2. The Labute approximate surface area is 145 Å². The summed E-state index contributed by atoms with van der Waals surface area (Å²) in [5.41, 5.74) is 2.64. The number of aryl methyl sites for hydroxylation is 1. The molecule has 1 aromatic carbocycles. The molecule has 4 nitrogen and oxygen atoms in total. The SMILES string of the molecule is CN=C(NCC(C)c1cccc(C)c1)NC(C)COC.I. The van der Waals surface area contributed by atoms with E-state index in [0.29, 0.717) is 12.5 Å². The number of guanidine groups is 1. The van der Waals surface area contributed by atoms with Crippen LogP contribution in [0.3, 0.4) is 0 Å². The number of ether oxygens (including phenoxy) is 1. The van der Waals surface area contributed by atoms with Crippen molar-refractivity contribution in [3.05, 3.63) is 35.4 Å². The van der Waals surface area contributed by atoms with Gasteiger partial charge in [0.05, 0.1) is 6.61 Å². The van der Waals surface area contributed by atoms with Gasteiger partial charge in [0.25, 0.3) is 0 Å². The van der Waals surface area contributed by atoms with Crippen molar-refractivity contribution in [3.8, 4) is 0 Å². The van der Waals surface area contributed by atoms with Crippen LogP contribution in [0.2, 0.25) is 0 Å². The Morgan fingerprint density at radius 2 is 2.05 bits per heavy atom. The fourth-order valence-electron chi connectivity index (χ4n) is 2.06. The Kier molecular flexibility index (Phi) is 10.4. The lowest BCUT2D eigenvalue weighted by atomic mass is 9.99. The second-order valence-electron chi connectivity index (χ2n) is 5.27. The van der Waals surface area contributed by atoms with Crippen molar-refractivity contribution in [3.63, 3.8) is 0 Å². The Balaban J connectivity index is 0.00000400. The molecule has 1 aromatic rings. The summed E-state index contributed by atoms with van der Waals surface area (Å²) < 4.78 is 5.11. The van der Waals surface area contributed by atoms with Gasteiger partial charge in [-0.2, -0.15) is 0 Å². The van der Waals surface area contributed by atoms with Gasteiger partial charge >= 0.3 is 0 Å². The quantitative estimate of drug-likeness (QED) is 0.435. The Morgan fingerprint density at radius 3 is 2.62 bits per heavy atom. The Hall–Kier alpha value is -0.820. The van der Waals surface area contributed by atoms with Gasteiger partial charge < -0.3 is 15.4 Å². The first-order valence-corrected chi connectivity index (χ1v) is 7.09. The van der Waals surface area contributed by atoms with Crippen LogP contribution < -0.4 is 10.6 Å². The number of methoxy groups -OCH3 is 1. The highest BCUT2D eigenvalue weighted by molar-refractivity contribution is 14.0. The first kappa shape index (κ1) is 20.2. The van der Waals surface area contributed by atoms with Gasteiger partial charge in [-0.05, 0) is 25.3 Å². The van der Waals surface area contributed by atoms with Crippen LogP contribution in [0.5, 0.6) is 0 Å². The predicted octanol–water partition coefficient (Wildman–Crippen LogP) is 2.92. The minimum Gasteiger partial charge on any atom is -0.383 e. The van der Waals surface area contributed by atoms with E-state index in [9.17, 15) is 0 Å². The average Bonchev–Trinajstić information content (AvgIpc) is 2.43. The summed E-state index contributed by atoms with van der Waals surface area (Å²) in [6, 6.07) is 8.87. The first-order chi connectivity index (χ1) is 9.56. The van der Waals surface area contributed by atoms with E-state index in [1.165, 1.54) is 11.1 Å². The molecule has 21 heavy (non-hydrogen) atoms. The highest BCUT2D eigenvalue weighted by Crippen LogP contribution is 2.15. The second kappa shape index (κ2) is 10.8. The normalized spacial score (nSPS) is 14.0. The number of aliphatic imine (C=N–C) groups is 1. The Bertz CT molecular complexity index is 437. The summed E-state index contributed by atoms with van der Waals surface area (Å²) in [6.07, 6.45) is 0. The zero-order chi connectivity index (χ0) is 15.0. The lowest BCUT2D eigenvalue weighted by molar-refractivity contribution is 0.179. The van der Waals surface area contributed by atoms with E-state index in [2.05, 4.69) is 60.7 Å². The topological polar surface area (TPSA) is 45.7 Å². The van der Waals surface area contributed by atoms with Gasteiger partial charge in [-0.15, -0.1) is 24.0 Å². The predicted molar refractivity (Wildman–Crippen MR) is 101 cm³/mol. The number of benzene rings is 1. The van der Waals surface area contributed by atoms with E-state index in [1.807, 2.05) is 0 Å². The van der Waals surface area contributed by atoms with Gasteiger partial charge in [0.2, 0.25) is 0 Å².